The second kappa shape index (κ2) is 22.5. The molecule has 1 aromatic rings. The highest BCUT2D eigenvalue weighted by atomic mass is 16.2. The molecule has 290 valence electrons. The van der Waals surface area contributed by atoms with Gasteiger partial charge in [0.1, 0.15) is 24.2 Å². The molecule has 4 atom stereocenters. The molecule has 0 aromatic heterocycles. The fourth-order valence-corrected chi connectivity index (χ4v) is 4.93. The van der Waals surface area contributed by atoms with E-state index in [0.29, 0.717) is 5.56 Å². The summed E-state index contributed by atoms with van der Waals surface area (Å²) in [5, 5.41) is 21.9. The Hall–Kier alpha value is -6.28. The molecule has 0 aliphatic carbocycles. The van der Waals surface area contributed by atoms with Crippen LogP contribution in [0.25, 0.3) is 0 Å². The van der Waals surface area contributed by atoms with Crippen LogP contribution in [0, 0.1) is 0 Å². The number of nitrogens with two attached hydrogens (primary N) is 2. The van der Waals surface area contributed by atoms with Crippen LogP contribution in [0.4, 0.5) is 4.79 Å². The lowest BCUT2D eigenvalue weighted by Crippen LogP contribution is -2.58. The number of carbonyl (C=O) groups is 10. The van der Waals surface area contributed by atoms with E-state index in [1.165, 1.54) is 6.92 Å². The summed E-state index contributed by atoms with van der Waals surface area (Å²) >= 11 is 0. The van der Waals surface area contributed by atoms with Gasteiger partial charge in [0.2, 0.25) is 53.2 Å². The molecule has 1 saturated heterocycles. The van der Waals surface area contributed by atoms with Crippen LogP contribution < -0.4 is 59.3 Å². The van der Waals surface area contributed by atoms with Crippen LogP contribution in [0.1, 0.15) is 44.6 Å². The fourth-order valence-electron chi connectivity index (χ4n) is 4.93. The van der Waals surface area contributed by atoms with Gasteiger partial charge in [-0.15, -0.1) is 0 Å². The minimum atomic E-state index is -1.39. The van der Waals surface area contributed by atoms with E-state index in [0.717, 1.165) is 0 Å². The van der Waals surface area contributed by atoms with Gasteiger partial charge in [0.25, 0.3) is 0 Å². The van der Waals surface area contributed by atoms with E-state index in [9.17, 15) is 47.9 Å². The largest absolute Gasteiger partial charge is 0.368 e. The first-order chi connectivity index (χ1) is 25.1. The standard InChI is InChI=1S/C32H47N11O10/c1-18(44)37-16-26(47)40-21-9-10-25(46)35-13-11-22(28(49)38-15-24(33)45)41-27(48)17-39-29(50)23(14-19-6-3-2-4-7-19)43-30(51)20(42-31(21)52)8-5-12-36-32(34)53/h2-4,6-7,20-23H,5,8-17H2,1H3,(H2,33,45)(H,35,46)(H,37,44)(H,38,49)(H,39,50)(H,40,47)(H,41,48)(H,42,52)(H,43,51)(H3,34,36,53)/t20-,21-,22-,23+/m0/s1. The summed E-state index contributed by atoms with van der Waals surface area (Å²) < 4.78 is 0. The molecule has 0 unspecified atom stereocenters. The first-order valence-corrected chi connectivity index (χ1v) is 16.8. The zero-order valence-electron chi connectivity index (χ0n) is 29.2. The molecule has 1 heterocycles. The second-order valence-corrected chi connectivity index (χ2v) is 12.0. The van der Waals surface area contributed by atoms with Gasteiger partial charge in [0.15, 0.2) is 0 Å². The van der Waals surface area contributed by atoms with Crippen LogP contribution in [0.3, 0.4) is 0 Å². The molecule has 53 heavy (non-hydrogen) atoms. The summed E-state index contributed by atoms with van der Waals surface area (Å²) in [6, 6.07) is 2.46. The molecule has 1 fully saturated rings. The number of urea groups is 1. The van der Waals surface area contributed by atoms with Crippen molar-refractivity contribution in [1.29, 1.82) is 0 Å². The van der Waals surface area contributed by atoms with Crippen molar-refractivity contribution in [3.8, 4) is 0 Å². The molecular weight excluding hydrogens is 698 g/mol. The Bertz CT molecular complexity index is 1510. The molecule has 11 amide bonds. The molecule has 2 rings (SSSR count). The van der Waals surface area contributed by atoms with E-state index in [4.69, 9.17) is 11.5 Å². The summed E-state index contributed by atoms with van der Waals surface area (Å²) in [5.74, 6) is -6.85. The normalized spacial score (nSPS) is 20.6. The van der Waals surface area contributed by atoms with Crippen molar-refractivity contribution < 1.29 is 47.9 Å². The van der Waals surface area contributed by atoms with Crippen LogP contribution in [0.2, 0.25) is 0 Å². The van der Waals surface area contributed by atoms with Crippen LogP contribution in [-0.4, -0.2) is 116 Å². The van der Waals surface area contributed by atoms with Crippen LogP contribution in [0.5, 0.6) is 0 Å². The van der Waals surface area contributed by atoms with E-state index < -0.39 is 103 Å². The molecule has 1 aliphatic rings. The summed E-state index contributed by atoms with van der Waals surface area (Å²) in [6.45, 7) is -0.613. The van der Waals surface area contributed by atoms with Crippen molar-refractivity contribution in [2.45, 2.75) is 69.6 Å². The van der Waals surface area contributed by atoms with E-state index in [2.05, 4.69) is 47.9 Å². The molecule has 0 bridgehead atoms. The van der Waals surface area contributed by atoms with E-state index in [1.54, 1.807) is 30.3 Å². The van der Waals surface area contributed by atoms with Gasteiger partial charge in [0, 0.05) is 32.9 Å². The van der Waals surface area contributed by atoms with Gasteiger partial charge < -0.3 is 59.3 Å². The average molecular weight is 746 g/mol. The lowest BCUT2D eigenvalue weighted by Gasteiger charge is -2.25. The lowest BCUT2D eigenvalue weighted by molar-refractivity contribution is -0.134. The number of rotatable bonds is 12. The number of benzene rings is 1. The molecular formula is C32H47N11O10. The van der Waals surface area contributed by atoms with E-state index >= 15 is 0 Å². The van der Waals surface area contributed by atoms with Crippen molar-refractivity contribution in [3.63, 3.8) is 0 Å². The Balaban J connectivity index is 2.46. The van der Waals surface area contributed by atoms with Gasteiger partial charge in [-0.1, -0.05) is 30.3 Å². The SMILES string of the molecule is CC(=O)NCC(=O)N[C@H]1CCC(=O)NCC[C@@H](C(=O)NCC(N)=O)NC(=O)CNC(=O)[C@@H](Cc2ccccc2)NC(=O)[C@H](CCCNC(N)=O)NC1=O. The number of primary amides is 2. The third kappa shape index (κ3) is 17.5. The molecule has 0 radical (unpaired) electrons. The van der Waals surface area contributed by atoms with E-state index in [-0.39, 0.29) is 51.6 Å². The zero-order chi connectivity index (χ0) is 39.3. The van der Waals surface area contributed by atoms with Gasteiger partial charge in [-0.3, -0.25) is 43.2 Å². The van der Waals surface area contributed by atoms with Gasteiger partial charge in [-0.2, -0.15) is 0 Å². The number of nitrogens with one attached hydrogen (secondary N) is 9. The Morgan fingerprint density at radius 2 is 1.47 bits per heavy atom. The minimum Gasteiger partial charge on any atom is -0.368 e. The Morgan fingerprint density at radius 1 is 0.774 bits per heavy atom. The van der Waals surface area contributed by atoms with Crippen molar-refractivity contribution in [3.05, 3.63) is 35.9 Å². The molecule has 1 aliphatic heterocycles. The summed E-state index contributed by atoms with van der Waals surface area (Å²) in [4.78, 5) is 126. The summed E-state index contributed by atoms with van der Waals surface area (Å²) in [5.41, 5.74) is 10.9. The second-order valence-electron chi connectivity index (χ2n) is 12.0. The Morgan fingerprint density at radius 3 is 2.13 bits per heavy atom. The van der Waals surface area contributed by atoms with Crippen molar-refractivity contribution in [1.82, 2.24) is 47.9 Å². The van der Waals surface area contributed by atoms with Gasteiger partial charge in [-0.25, -0.2) is 4.79 Å². The molecule has 0 spiro atoms. The molecule has 21 nitrogen and oxygen atoms in total. The molecule has 1 aromatic carbocycles. The van der Waals surface area contributed by atoms with Gasteiger partial charge in [-0.05, 0) is 31.2 Å². The Kier molecular flexibility index (Phi) is 18.2. The summed E-state index contributed by atoms with van der Waals surface area (Å²) in [6.07, 6.45) is -0.761. The van der Waals surface area contributed by atoms with E-state index in [1.807, 2.05) is 0 Å². The Labute approximate surface area is 304 Å². The molecule has 21 heteroatoms. The lowest BCUT2D eigenvalue weighted by atomic mass is 10.0. The predicted octanol–water partition coefficient (Wildman–Crippen LogP) is -5.23. The van der Waals surface area contributed by atoms with Crippen molar-refractivity contribution >= 4 is 59.2 Å². The number of amides is 11. The highest BCUT2D eigenvalue weighted by Gasteiger charge is 2.31. The monoisotopic (exact) mass is 745 g/mol. The highest BCUT2D eigenvalue weighted by Crippen LogP contribution is 2.07. The van der Waals surface area contributed by atoms with Crippen LogP contribution in [0.15, 0.2) is 30.3 Å². The van der Waals surface area contributed by atoms with Crippen LogP contribution >= 0.6 is 0 Å². The topological polar surface area (TPSA) is 331 Å². The average Bonchev–Trinajstić information content (AvgIpc) is 3.10. The third-order valence-corrected chi connectivity index (χ3v) is 7.59. The summed E-state index contributed by atoms with van der Waals surface area (Å²) in [7, 11) is 0. The highest BCUT2D eigenvalue weighted by molar-refractivity contribution is 5.96. The van der Waals surface area contributed by atoms with Gasteiger partial charge >= 0.3 is 6.03 Å². The maximum atomic E-state index is 13.7. The molecule has 0 saturated carbocycles. The molecule has 13 N–H and O–H groups in total. The third-order valence-electron chi connectivity index (χ3n) is 7.59. The smallest absolute Gasteiger partial charge is 0.312 e. The predicted molar refractivity (Wildman–Crippen MR) is 185 cm³/mol. The first-order valence-electron chi connectivity index (χ1n) is 16.8. The zero-order valence-corrected chi connectivity index (χ0v) is 29.2. The maximum absolute atomic E-state index is 13.7. The quantitative estimate of drug-likeness (QED) is 0.0903. The van der Waals surface area contributed by atoms with Crippen molar-refractivity contribution in [2.24, 2.45) is 11.5 Å². The first kappa shape index (κ1) is 42.9. The number of hydrogen-bond donors (Lipinski definition) is 11. The number of carbonyl (C=O) groups excluding carboxylic acids is 10. The fraction of sp³-hybridized carbons (Fsp3) is 0.500. The van der Waals surface area contributed by atoms with Gasteiger partial charge in [0.05, 0.1) is 19.6 Å². The maximum Gasteiger partial charge on any atom is 0.312 e. The minimum absolute atomic E-state index is 0.0244. The van der Waals surface area contributed by atoms with Crippen LogP contribution in [-0.2, 0) is 49.6 Å². The number of hydrogen-bond acceptors (Lipinski definition) is 10. The van der Waals surface area contributed by atoms with Crippen molar-refractivity contribution in [2.75, 3.05) is 32.7 Å².